The van der Waals surface area contributed by atoms with Crippen LogP contribution in [-0.2, 0) is 17.5 Å². The number of aryl methyl sites for hydroxylation is 2. The molecule has 160 valence electrons. The first-order valence-electron chi connectivity index (χ1n) is 9.55. The Morgan fingerprint density at radius 1 is 1.23 bits per heavy atom. The van der Waals surface area contributed by atoms with Crippen LogP contribution in [0.1, 0.15) is 43.0 Å². The van der Waals surface area contributed by atoms with Gasteiger partial charge in [0.2, 0.25) is 5.91 Å². The van der Waals surface area contributed by atoms with Crippen molar-refractivity contribution in [3.05, 3.63) is 57.5 Å². The molecule has 0 bridgehead atoms. The highest BCUT2D eigenvalue weighted by molar-refractivity contribution is 5.91. The number of amides is 1. The molecule has 0 aliphatic rings. The normalized spacial score (nSPS) is 12.0. The van der Waals surface area contributed by atoms with Crippen LogP contribution in [0.25, 0.3) is 11.0 Å². The van der Waals surface area contributed by atoms with E-state index in [1.165, 1.54) is 10.9 Å². The average Bonchev–Trinajstić information content (AvgIpc) is 3.08. The monoisotopic (exact) mass is 420 g/mol. The molecule has 0 saturated carbocycles. The van der Waals surface area contributed by atoms with Crippen molar-refractivity contribution in [1.82, 2.24) is 14.3 Å². The van der Waals surface area contributed by atoms with Crippen LogP contribution in [0.3, 0.4) is 0 Å². The summed E-state index contributed by atoms with van der Waals surface area (Å²) >= 11 is 0. The zero-order valence-corrected chi connectivity index (χ0v) is 17.2. The van der Waals surface area contributed by atoms with Crippen molar-refractivity contribution >= 4 is 22.6 Å². The summed E-state index contributed by atoms with van der Waals surface area (Å²) in [7, 11) is 0. The van der Waals surface area contributed by atoms with Crippen LogP contribution in [0.5, 0.6) is 0 Å². The maximum Gasteiger partial charge on any atom is 0.417 e. The summed E-state index contributed by atoms with van der Waals surface area (Å²) in [5.41, 5.74) is 0.661. The second-order valence-corrected chi connectivity index (χ2v) is 7.53. The minimum absolute atomic E-state index is 0.0805. The maximum atomic E-state index is 13.4. The number of hydrogen-bond acceptors (Lipinski definition) is 3. The fourth-order valence-electron chi connectivity index (χ4n) is 3.18. The number of fused-ring (bicyclic) bond motifs is 1. The van der Waals surface area contributed by atoms with E-state index in [0.29, 0.717) is 11.8 Å². The molecule has 0 aliphatic carbocycles. The third-order valence-electron chi connectivity index (χ3n) is 5.07. The molecule has 0 unspecified atom stereocenters. The van der Waals surface area contributed by atoms with E-state index in [1.54, 1.807) is 19.9 Å². The van der Waals surface area contributed by atoms with Gasteiger partial charge in [0.25, 0.3) is 5.56 Å². The number of rotatable bonds is 5. The van der Waals surface area contributed by atoms with Crippen molar-refractivity contribution in [3.63, 3.8) is 0 Å². The van der Waals surface area contributed by atoms with Crippen molar-refractivity contribution in [1.29, 1.82) is 0 Å². The molecular weight excluding hydrogens is 397 g/mol. The fourth-order valence-corrected chi connectivity index (χ4v) is 3.18. The summed E-state index contributed by atoms with van der Waals surface area (Å²) in [6, 6.07) is 5.90. The molecule has 1 N–H and O–H groups in total. The number of alkyl halides is 3. The van der Waals surface area contributed by atoms with E-state index in [2.05, 4.69) is 10.4 Å². The smallest absolute Gasteiger partial charge is 0.326 e. The average molecular weight is 420 g/mol. The molecule has 6 nitrogen and oxygen atoms in total. The van der Waals surface area contributed by atoms with Gasteiger partial charge in [-0.3, -0.25) is 18.8 Å². The highest BCUT2D eigenvalue weighted by Gasteiger charge is 2.35. The number of nitrogens with one attached hydrogen (secondary N) is 1. The Morgan fingerprint density at radius 3 is 2.57 bits per heavy atom. The van der Waals surface area contributed by atoms with Crippen molar-refractivity contribution in [2.45, 2.75) is 52.9 Å². The van der Waals surface area contributed by atoms with Crippen molar-refractivity contribution in [3.8, 4) is 0 Å². The van der Waals surface area contributed by atoms with Gasteiger partial charge in [0.1, 0.15) is 0 Å². The molecule has 3 aromatic rings. The molecule has 0 saturated heterocycles. The number of hydrogen-bond donors (Lipinski definition) is 1. The van der Waals surface area contributed by atoms with E-state index in [-0.39, 0.29) is 35.9 Å². The molecule has 1 aromatic carbocycles. The van der Waals surface area contributed by atoms with Crippen molar-refractivity contribution in [2.75, 3.05) is 5.32 Å². The first-order valence-corrected chi connectivity index (χ1v) is 9.55. The zero-order valence-electron chi connectivity index (χ0n) is 17.2. The fraction of sp³-hybridized carbons (Fsp3) is 0.381. The zero-order chi connectivity index (χ0) is 22.2. The number of anilines is 1. The number of halogens is 3. The van der Waals surface area contributed by atoms with Gasteiger partial charge in [0.15, 0.2) is 5.65 Å². The van der Waals surface area contributed by atoms with Crippen molar-refractivity contribution in [2.24, 2.45) is 0 Å². The van der Waals surface area contributed by atoms with Gasteiger partial charge in [-0.05, 0) is 44.9 Å². The number of aromatic nitrogens is 3. The Kier molecular flexibility index (Phi) is 5.74. The molecule has 2 heterocycles. The van der Waals surface area contributed by atoms with E-state index < -0.39 is 17.3 Å². The summed E-state index contributed by atoms with van der Waals surface area (Å²) in [4.78, 5) is 24.8. The van der Waals surface area contributed by atoms with E-state index >= 15 is 0 Å². The Hall–Kier alpha value is -3.10. The van der Waals surface area contributed by atoms with Crippen LogP contribution in [0.4, 0.5) is 18.9 Å². The highest BCUT2D eigenvalue weighted by atomic mass is 19.4. The summed E-state index contributed by atoms with van der Waals surface area (Å²) in [5, 5.41) is 6.81. The topological polar surface area (TPSA) is 68.9 Å². The lowest BCUT2D eigenvalue weighted by Gasteiger charge is -2.13. The van der Waals surface area contributed by atoms with Gasteiger partial charge in [-0.25, -0.2) is 0 Å². The highest BCUT2D eigenvalue weighted by Crippen LogP contribution is 2.34. The van der Waals surface area contributed by atoms with Crippen LogP contribution in [0.2, 0.25) is 0 Å². The lowest BCUT2D eigenvalue weighted by molar-refractivity contribution is -0.136. The van der Waals surface area contributed by atoms with Gasteiger partial charge >= 0.3 is 6.18 Å². The molecule has 9 heteroatoms. The number of carbonyl (C=O) groups is 1. The number of benzene rings is 1. The van der Waals surface area contributed by atoms with Crippen LogP contribution in [0, 0.1) is 13.8 Å². The van der Waals surface area contributed by atoms with Gasteiger partial charge in [0.05, 0.1) is 5.56 Å². The molecule has 0 atom stereocenters. The van der Waals surface area contributed by atoms with Gasteiger partial charge in [-0.1, -0.05) is 12.1 Å². The predicted octanol–water partition coefficient (Wildman–Crippen LogP) is 4.44. The van der Waals surface area contributed by atoms with Crippen LogP contribution in [0.15, 0.2) is 35.3 Å². The lowest BCUT2D eigenvalue weighted by atomic mass is 10.1. The Morgan fingerprint density at radius 2 is 1.93 bits per heavy atom. The Labute approximate surface area is 171 Å². The second-order valence-electron chi connectivity index (χ2n) is 7.53. The van der Waals surface area contributed by atoms with Gasteiger partial charge in [0, 0.05) is 42.3 Å². The third-order valence-corrected chi connectivity index (χ3v) is 5.07. The minimum atomic E-state index is -4.68. The first-order chi connectivity index (χ1) is 14.0. The molecular formula is C21H23F3N4O2. The molecule has 0 radical (unpaired) electrons. The molecule has 0 spiro atoms. The summed E-state index contributed by atoms with van der Waals surface area (Å²) in [6.45, 7) is 7.28. The van der Waals surface area contributed by atoms with Crippen LogP contribution >= 0.6 is 0 Å². The molecule has 1 amide bonds. The minimum Gasteiger partial charge on any atom is -0.326 e. The largest absolute Gasteiger partial charge is 0.417 e. The summed E-state index contributed by atoms with van der Waals surface area (Å²) in [6.07, 6.45) is -3.47. The van der Waals surface area contributed by atoms with E-state index in [9.17, 15) is 22.8 Å². The number of pyridine rings is 1. The van der Waals surface area contributed by atoms with Crippen LogP contribution < -0.4 is 10.9 Å². The predicted molar refractivity (Wildman–Crippen MR) is 109 cm³/mol. The van der Waals surface area contributed by atoms with E-state index in [1.807, 2.05) is 26.0 Å². The van der Waals surface area contributed by atoms with Crippen molar-refractivity contribution < 1.29 is 18.0 Å². The molecule has 3 rings (SSSR count). The SMILES string of the molecule is Cc1cccc(NC(=O)CCn2c(=O)cc(C(F)(F)F)c3cn(C(C)C)nc32)c1C. The maximum absolute atomic E-state index is 13.4. The quantitative estimate of drug-likeness (QED) is 0.663. The molecule has 0 aliphatic heterocycles. The standard InChI is InChI=1S/C21H23F3N4O2/c1-12(2)28-11-15-16(21(22,23)24)10-19(30)27(20(15)26-28)9-8-18(29)25-17-7-5-6-13(3)14(17)4/h5-7,10-12H,8-9H2,1-4H3,(H,25,29). The third kappa shape index (κ3) is 4.24. The van der Waals surface area contributed by atoms with Crippen LogP contribution in [-0.4, -0.2) is 20.3 Å². The summed E-state index contributed by atoms with van der Waals surface area (Å²) in [5.74, 6) is -0.341. The first kappa shape index (κ1) is 21.6. The van der Waals surface area contributed by atoms with Gasteiger partial charge in [-0.15, -0.1) is 0 Å². The number of nitrogens with zero attached hydrogens (tertiary/aromatic N) is 3. The summed E-state index contributed by atoms with van der Waals surface area (Å²) < 4.78 is 42.8. The van der Waals surface area contributed by atoms with Gasteiger partial charge < -0.3 is 5.32 Å². The lowest BCUT2D eigenvalue weighted by Crippen LogP contribution is -2.25. The molecule has 0 fully saturated rings. The van der Waals surface area contributed by atoms with Gasteiger partial charge in [-0.2, -0.15) is 18.3 Å². The Bertz CT molecular complexity index is 1160. The van der Waals surface area contributed by atoms with E-state index in [0.717, 1.165) is 15.7 Å². The second kappa shape index (κ2) is 7.97. The number of carbonyl (C=O) groups excluding carboxylic acids is 1. The van der Waals surface area contributed by atoms with E-state index in [4.69, 9.17) is 0 Å². The molecule has 2 aromatic heterocycles. The molecule has 30 heavy (non-hydrogen) atoms. The Balaban J connectivity index is 1.92.